The lowest BCUT2D eigenvalue weighted by Gasteiger charge is -2.41. The predicted molar refractivity (Wildman–Crippen MR) is 99.3 cm³/mol. The number of hydrogen-bond acceptors (Lipinski definition) is 3. The van der Waals surface area contributed by atoms with Crippen LogP contribution < -0.4 is 5.32 Å². The van der Waals surface area contributed by atoms with Gasteiger partial charge in [-0.2, -0.15) is 0 Å². The quantitative estimate of drug-likeness (QED) is 0.865. The Morgan fingerprint density at radius 1 is 1.08 bits per heavy atom. The normalized spacial score (nSPS) is 17.2. The van der Waals surface area contributed by atoms with E-state index in [1.165, 1.54) is 17.7 Å². The molecular weight excluding hydrogens is 315 g/mol. The van der Waals surface area contributed by atoms with Crippen molar-refractivity contribution in [3.63, 3.8) is 0 Å². The Bertz CT molecular complexity index is 692. The third-order valence-electron chi connectivity index (χ3n) is 5.17. The van der Waals surface area contributed by atoms with Crippen molar-refractivity contribution in [2.75, 3.05) is 25.0 Å². The third-order valence-corrected chi connectivity index (χ3v) is 5.17. The van der Waals surface area contributed by atoms with E-state index in [0.717, 1.165) is 44.6 Å². The molecule has 132 valence electrons. The van der Waals surface area contributed by atoms with Crippen LogP contribution in [-0.2, 0) is 11.2 Å². The Morgan fingerprint density at radius 2 is 1.72 bits per heavy atom. The van der Waals surface area contributed by atoms with Crippen molar-refractivity contribution in [3.05, 3.63) is 66.0 Å². The minimum absolute atomic E-state index is 0.152. The van der Waals surface area contributed by atoms with E-state index < -0.39 is 5.54 Å². The Balaban J connectivity index is 1.58. The molecule has 2 aromatic rings. The monoisotopic (exact) mass is 340 g/mol. The number of hydrogen-bond donors (Lipinski definition) is 1. The molecule has 1 aliphatic rings. The van der Waals surface area contributed by atoms with Crippen LogP contribution in [0.4, 0.5) is 10.1 Å². The number of likely N-dealkylation sites (tertiary alicyclic amines) is 1. The molecule has 0 spiro atoms. The van der Waals surface area contributed by atoms with E-state index in [4.69, 9.17) is 0 Å². The first-order valence-electron chi connectivity index (χ1n) is 8.88. The van der Waals surface area contributed by atoms with Crippen LogP contribution in [0.1, 0.15) is 25.3 Å². The van der Waals surface area contributed by atoms with E-state index in [0.29, 0.717) is 0 Å². The highest BCUT2D eigenvalue weighted by Crippen LogP contribution is 2.28. The number of carbonyl (C=O) groups excluding carboxylic acids is 1. The molecular formula is C21H25FN2O. The van der Waals surface area contributed by atoms with Gasteiger partial charge in [-0.1, -0.05) is 30.3 Å². The van der Waals surface area contributed by atoms with Gasteiger partial charge in [-0.25, -0.2) is 4.39 Å². The zero-order valence-electron chi connectivity index (χ0n) is 14.7. The van der Waals surface area contributed by atoms with Gasteiger partial charge in [-0.15, -0.1) is 0 Å². The van der Waals surface area contributed by atoms with Crippen LogP contribution in [0, 0.1) is 5.82 Å². The van der Waals surface area contributed by atoms with Crippen LogP contribution in [-0.4, -0.2) is 35.9 Å². The topological polar surface area (TPSA) is 32.3 Å². The van der Waals surface area contributed by atoms with E-state index in [1.54, 1.807) is 19.1 Å². The summed E-state index contributed by atoms with van der Waals surface area (Å²) in [6.07, 6.45) is 2.57. The molecule has 25 heavy (non-hydrogen) atoms. The third kappa shape index (κ3) is 4.45. The molecule has 0 amide bonds. The van der Waals surface area contributed by atoms with Crippen molar-refractivity contribution in [2.24, 2.45) is 0 Å². The fourth-order valence-electron chi connectivity index (χ4n) is 3.46. The minimum Gasteiger partial charge on any atom is -0.373 e. The van der Waals surface area contributed by atoms with Crippen molar-refractivity contribution < 1.29 is 9.18 Å². The second-order valence-electron chi connectivity index (χ2n) is 6.85. The zero-order chi connectivity index (χ0) is 17.7. The molecule has 1 saturated heterocycles. The maximum atomic E-state index is 13.1. The lowest BCUT2D eigenvalue weighted by atomic mass is 9.83. The van der Waals surface area contributed by atoms with Gasteiger partial charge in [0.15, 0.2) is 5.78 Å². The molecule has 1 heterocycles. The molecule has 1 aliphatic heterocycles. The summed E-state index contributed by atoms with van der Waals surface area (Å²) >= 11 is 0. The number of nitrogens with one attached hydrogen (secondary N) is 1. The highest BCUT2D eigenvalue weighted by Gasteiger charge is 2.38. The first-order chi connectivity index (χ1) is 12.1. The highest BCUT2D eigenvalue weighted by atomic mass is 19.1. The fourth-order valence-corrected chi connectivity index (χ4v) is 3.46. The number of nitrogens with zero attached hydrogens (tertiary/aromatic N) is 1. The molecule has 0 bridgehead atoms. The summed E-state index contributed by atoms with van der Waals surface area (Å²) in [6, 6.07) is 16.7. The van der Waals surface area contributed by atoms with E-state index in [1.807, 2.05) is 6.07 Å². The first-order valence-corrected chi connectivity index (χ1v) is 8.88. The Labute approximate surface area is 148 Å². The second kappa shape index (κ2) is 7.79. The zero-order valence-corrected chi connectivity index (χ0v) is 14.7. The minimum atomic E-state index is -0.541. The number of halogens is 1. The molecule has 0 radical (unpaired) electrons. The van der Waals surface area contributed by atoms with E-state index in [9.17, 15) is 9.18 Å². The largest absolute Gasteiger partial charge is 0.373 e. The fraction of sp³-hybridized carbons (Fsp3) is 0.381. The lowest BCUT2D eigenvalue weighted by molar-refractivity contribution is -0.122. The Hall–Kier alpha value is -2.20. The van der Waals surface area contributed by atoms with Crippen LogP contribution in [0.3, 0.4) is 0 Å². The highest BCUT2D eigenvalue weighted by molar-refractivity contribution is 5.89. The van der Waals surface area contributed by atoms with Crippen LogP contribution in [0.15, 0.2) is 54.6 Å². The number of anilines is 1. The van der Waals surface area contributed by atoms with Gasteiger partial charge in [0.25, 0.3) is 0 Å². The molecule has 0 unspecified atom stereocenters. The predicted octanol–water partition coefficient (Wildman–Crippen LogP) is 3.90. The van der Waals surface area contributed by atoms with E-state index in [-0.39, 0.29) is 11.6 Å². The van der Waals surface area contributed by atoms with Gasteiger partial charge in [0, 0.05) is 25.3 Å². The van der Waals surface area contributed by atoms with Crippen LogP contribution >= 0.6 is 0 Å². The van der Waals surface area contributed by atoms with Crippen molar-refractivity contribution >= 4 is 11.5 Å². The average Bonchev–Trinajstić information content (AvgIpc) is 2.64. The average molecular weight is 340 g/mol. The second-order valence-corrected chi connectivity index (χ2v) is 6.85. The first kappa shape index (κ1) is 17.6. The molecule has 0 saturated carbocycles. The van der Waals surface area contributed by atoms with Gasteiger partial charge >= 0.3 is 0 Å². The summed E-state index contributed by atoms with van der Waals surface area (Å²) in [4.78, 5) is 14.7. The summed E-state index contributed by atoms with van der Waals surface area (Å²) in [5.74, 6) is -0.113. The molecule has 0 aromatic heterocycles. The van der Waals surface area contributed by atoms with Gasteiger partial charge in [0.2, 0.25) is 0 Å². The Morgan fingerprint density at radius 3 is 2.32 bits per heavy atom. The van der Waals surface area contributed by atoms with Gasteiger partial charge < -0.3 is 10.2 Å². The number of carbonyl (C=O) groups is 1. The maximum absolute atomic E-state index is 13.1. The summed E-state index contributed by atoms with van der Waals surface area (Å²) in [5.41, 5.74) is 1.60. The smallest absolute Gasteiger partial charge is 0.155 e. The van der Waals surface area contributed by atoms with Crippen LogP contribution in [0.25, 0.3) is 0 Å². The van der Waals surface area contributed by atoms with Gasteiger partial charge in [0.05, 0.1) is 5.54 Å². The van der Waals surface area contributed by atoms with Crippen molar-refractivity contribution in [1.29, 1.82) is 0 Å². The molecule has 0 aliphatic carbocycles. The van der Waals surface area contributed by atoms with Crippen molar-refractivity contribution in [3.8, 4) is 0 Å². The van der Waals surface area contributed by atoms with Crippen molar-refractivity contribution in [2.45, 2.75) is 31.7 Å². The summed E-state index contributed by atoms with van der Waals surface area (Å²) in [7, 11) is 0. The molecule has 0 atom stereocenters. The van der Waals surface area contributed by atoms with E-state index >= 15 is 0 Å². The number of benzene rings is 2. The Kier molecular flexibility index (Phi) is 5.49. The SMILES string of the molecule is CC(=O)C1(Nc2ccc(F)cc2)CCN(CCc2ccccc2)CC1. The van der Waals surface area contributed by atoms with Crippen LogP contribution in [0.2, 0.25) is 0 Å². The summed E-state index contributed by atoms with van der Waals surface area (Å²) < 4.78 is 13.1. The number of piperidine rings is 1. The maximum Gasteiger partial charge on any atom is 0.155 e. The molecule has 1 fully saturated rings. The molecule has 3 rings (SSSR count). The summed E-state index contributed by atoms with van der Waals surface area (Å²) in [6.45, 7) is 4.44. The lowest BCUT2D eigenvalue weighted by Crippen LogP contribution is -2.53. The molecule has 4 heteroatoms. The number of rotatable bonds is 6. The standard InChI is InChI=1S/C21H25FN2O/c1-17(25)21(23-20-9-7-19(22)8-10-20)12-15-24(16-13-21)14-11-18-5-3-2-4-6-18/h2-10,23H,11-16H2,1H3. The number of Topliss-reactive ketones (excluding diaryl/α,β-unsaturated/α-hetero) is 1. The van der Waals surface area contributed by atoms with Gasteiger partial charge in [-0.3, -0.25) is 4.79 Å². The van der Waals surface area contributed by atoms with Gasteiger partial charge in [-0.05, 0) is 56.0 Å². The van der Waals surface area contributed by atoms with E-state index in [2.05, 4.69) is 34.5 Å². The molecule has 1 N–H and O–H groups in total. The van der Waals surface area contributed by atoms with Gasteiger partial charge in [0.1, 0.15) is 5.82 Å². The number of ketones is 1. The molecule has 3 nitrogen and oxygen atoms in total. The summed E-state index contributed by atoms with van der Waals surface area (Å²) in [5, 5.41) is 3.37. The van der Waals surface area contributed by atoms with Crippen LogP contribution in [0.5, 0.6) is 0 Å². The molecule has 2 aromatic carbocycles. The van der Waals surface area contributed by atoms with Crippen molar-refractivity contribution in [1.82, 2.24) is 4.90 Å².